The summed E-state index contributed by atoms with van der Waals surface area (Å²) in [5.74, 6) is 0.889. The van der Waals surface area contributed by atoms with E-state index in [1.807, 2.05) is 36.1 Å². The topological polar surface area (TPSA) is 53.1 Å². The predicted molar refractivity (Wildman–Crippen MR) is 71.7 cm³/mol. The molecule has 0 radical (unpaired) electrons. The van der Waals surface area contributed by atoms with Crippen molar-refractivity contribution in [2.75, 3.05) is 13.2 Å². The van der Waals surface area contributed by atoms with E-state index >= 15 is 0 Å². The highest BCUT2D eigenvalue weighted by atomic mass is 16.5. The van der Waals surface area contributed by atoms with E-state index in [1.54, 1.807) is 0 Å². The van der Waals surface area contributed by atoms with Crippen molar-refractivity contribution < 1.29 is 4.74 Å². The van der Waals surface area contributed by atoms with Crippen molar-refractivity contribution in [2.45, 2.75) is 19.9 Å². The molecular weight excluding hydrogens is 226 g/mol. The van der Waals surface area contributed by atoms with E-state index < -0.39 is 0 Å². The molecule has 0 aliphatic rings. The van der Waals surface area contributed by atoms with Gasteiger partial charge in [0.15, 0.2) is 0 Å². The molecule has 4 heteroatoms. The zero-order valence-electron chi connectivity index (χ0n) is 10.7. The molecule has 1 aromatic heterocycles. The summed E-state index contributed by atoms with van der Waals surface area (Å²) in [5.41, 5.74) is 7.92. The predicted octanol–water partition coefficient (Wildman–Crippen LogP) is 1.77. The van der Waals surface area contributed by atoms with Crippen molar-refractivity contribution in [3.05, 3.63) is 47.8 Å². The van der Waals surface area contributed by atoms with Crippen molar-refractivity contribution in [1.29, 1.82) is 0 Å². The third-order valence-corrected chi connectivity index (χ3v) is 2.71. The normalized spacial score (nSPS) is 10.6. The minimum atomic E-state index is 0.622. The summed E-state index contributed by atoms with van der Waals surface area (Å²) in [6.07, 6.45) is 4.77. The number of hydrogen-bond acceptors (Lipinski definition) is 3. The highest BCUT2D eigenvalue weighted by molar-refractivity contribution is 5.27. The Kier molecular flexibility index (Phi) is 4.36. The van der Waals surface area contributed by atoms with Crippen LogP contribution in [-0.2, 0) is 13.0 Å². The van der Waals surface area contributed by atoms with E-state index in [0.717, 1.165) is 18.7 Å². The van der Waals surface area contributed by atoms with Gasteiger partial charge in [-0.05, 0) is 43.1 Å². The molecule has 0 aliphatic heterocycles. The largest absolute Gasteiger partial charge is 0.492 e. The van der Waals surface area contributed by atoms with E-state index in [0.29, 0.717) is 13.2 Å². The lowest BCUT2D eigenvalue weighted by atomic mass is 10.1. The summed E-state index contributed by atoms with van der Waals surface area (Å²) >= 11 is 0. The van der Waals surface area contributed by atoms with Crippen LogP contribution in [0.25, 0.3) is 0 Å². The second-order valence-corrected chi connectivity index (χ2v) is 4.31. The fourth-order valence-electron chi connectivity index (χ4n) is 1.77. The Morgan fingerprint density at radius 3 is 2.67 bits per heavy atom. The van der Waals surface area contributed by atoms with Gasteiger partial charge in [-0.3, -0.25) is 4.68 Å². The number of rotatable bonds is 6. The molecule has 0 saturated carbocycles. The quantitative estimate of drug-likeness (QED) is 0.844. The highest BCUT2D eigenvalue weighted by Gasteiger charge is 1.97. The summed E-state index contributed by atoms with van der Waals surface area (Å²) < 4.78 is 7.55. The molecule has 0 bridgehead atoms. The molecule has 96 valence electrons. The fourth-order valence-corrected chi connectivity index (χ4v) is 1.77. The maximum Gasteiger partial charge on any atom is 0.119 e. The maximum absolute atomic E-state index is 5.66. The van der Waals surface area contributed by atoms with Gasteiger partial charge in [0, 0.05) is 6.20 Å². The Balaban J connectivity index is 1.79. The van der Waals surface area contributed by atoms with Crippen LogP contribution in [0, 0.1) is 6.92 Å². The zero-order valence-corrected chi connectivity index (χ0v) is 10.7. The van der Waals surface area contributed by atoms with Gasteiger partial charge in [-0.15, -0.1) is 0 Å². The Labute approximate surface area is 107 Å². The van der Waals surface area contributed by atoms with Crippen LogP contribution in [0.5, 0.6) is 5.75 Å². The van der Waals surface area contributed by atoms with Crippen LogP contribution in [0.1, 0.15) is 11.1 Å². The van der Waals surface area contributed by atoms with Crippen LogP contribution in [-0.4, -0.2) is 22.9 Å². The van der Waals surface area contributed by atoms with Crippen LogP contribution in [0.2, 0.25) is 0 Å². The average molecular weight is 245 g/mol. The smallest absolute Gasteiger partial charge is 0.119 e. The van der Waals surface area contributed by atoms with Gasteiger partial charge in [-0.1, -0.05) is 12.1 Å². The molecule has 2 aromatic rings. The first-order valence-electron chi connectivity index (χ1n) is 6.19. The number of aromatic nitrogens is 2. The molecule has 0 amide bonds. The van der Waals surface area contributed by atoms with Crippen LogP contribution in [0.15, 0.2) is 36.7 Å². The Hall–Kier alpha value is -1.81. The SMILES string of the molecule is Cc1cnn(CCOc2ccc(CCN)cc2)c1. The lowest BCUT2D eigenvalue weighted by molar-refractivity contribution is 0.291. The second kappa shape index (κ2) is 6.21. The first-order valence-corrected chi connectivity index (χ1v) is 6.19. The summed E-state index contributed by atoms with van der Waals surface area (Å²) in [6, 6.07) is 8.08. The number of nitrogens with two attached hydrogens (primary N) is 1. The van der Waals surface area contributed by atoms with Crippen LogP contribution in [0.3, 0.4) is 0 Å². The first kappa shape index (κ1) is 12.6. The molecule has 0 saturated heterocycles. The summed E-state index contributed by atoms with van der Waals surface area (Å²) in [7, 11) is 0. The lowest BCUT2D eigenvalue weighted by Gasteiger charge is -2.07. The molecule has 0 spiro atoms. The van der Waals surface area contributed by atoms with E-state index in [1.165, 1.54) is 11.1 Å². The van der Waals surface area contributed by atoms with E-state index in [2.05, 4.69) is 17.2 Å². The second-order valence-electron chi connectivity index (χ2n) is 4.31. The van der Waals surface area contributed by atoms with Gasteiger partial charge >= 0.3 is 0 Å². The summed E-state index contributed by atoms with van der Waals surface area (Å²) in [5, 5.41) is 4.21. The van der Waals surface area contributed by atoms with Gasteiger partial charge in [0.1, 0.15) is 12.4 Å². The highest BCUT2D eigenvalue weighted by Crippen LogP contribution is 2.12. The van der Waals surface area contributed by atoms with Crippen LogP contribution >= 0.6 is 0 Å². The Morgan fingerprint density at radius 2 is 2.06 bits per heavy atom. The van der Waals surface area contributed by atoms with E-state index in [9.17, 15) is 0 Å². The van der Waals surface area contributed by atoms with E-state index in [-0.39, 0.29) is 0 Å². The third kappa shape index (κ3) is 3.60. The first-order chi connectivity index (χ1) is 8.78. The minimum absolute atomic E-state index is 0.622. The standard InChI is InChI=1S/C14H19N3O/c1-12-10-16-17(11-12)8-9-18-14-4-2-13(3-5-14)6-7-15/h2-5,10-11H,6-9,15H2,1H3. The molecule has 1 heterocycles. The van der Waals surface area contributed by atoms with Gasteiger partial charge in [-0.25, -0.2) is 0 Å². The summed E-state index contributed by atoms with van der Waals surface area (Å²) in [4.78, 5) is 0. The van der Waals surface area contributed by atoms with Crippen molar-refractivity contribution in [2.24, 2.45) is 5.73 Å². The lowest BCUT2D eigenvalue weighted by Crippen LogP contribution is -2.08. The Bertz CT molecular complexity index is 476. The molecule has 0 unspecified atom stereocenters. The fraction of sp³-hybridized carbons (Fsp3) is 0.357. The third-order valence-electron chi connectivity index (χ3n) is 2.71. The van der Waals surface area contributed by atoms with Gasteiger partial charge in [-0.2, -0.15) is 5.10 Å². The van der Waals surface area contributed by atoms with E-state index in [4.69, 9.17) is 10.5 Å². The number of aryl methyl sites for hydroxylation is 1. The number of nitrogens with zero attached hydrogens (tertiary/aromatic N) is 2. The molecule has 0 aliphatic carbocycles. The van der Waals surface area contributed by atoms with Gasteiger partial charge in [0.25, 0.3) is 0 Å². The molecule has 2 N–H and O–H groups in total. The molecule has 2 rings (SSSR count). The van der Waals surface area contributed by atoms with Gasteiger partial charge in [0.05, 0.1) is 12.7 Å². The van der Waals surface area contributed by atoms with Crippen LogP contribution < -0.4 is 10.5 Å². The summed E-state index contributed by atoms with van der Waals surface area (Å²) in [6.45, 7) is 4.09. The van der Waals surface area contributed by atoms with Crippen molar-refractivity contribution in [1.82, 2.24) is 9.78 Å². The monoisotopic (exact) mass is 245 g/mol. The molecule has 18 heavy (non-hydrogen) atoms. The molecule has 4 nitrogen and oxygen atoms in total. The van der Waals surface area contributed by atoms with Crippen LogP contribution in [0.4, 0.5) is 0 Å². The zero-order chi connectivity index (χ0) is 12.8. The molecular formula is C14H19N3O. The minimum Gasteiger partial charge on any atom is -0.492 e. The van der Waals surface area contributed by atoms with Gasteiger partial charge in [0.2, 0.25) is 0 Å². The van der Waals surface area contributed by atoms with Crippen molar-refractivity contribution >= 4 is 0 Å². The van der Waals surface area contributed by atoms with Crippen molar-refractivity contribution in [3.8, 4) is 5.75 Å². The molecule has 0 fully saturated rings. The molecule has 0 atom stereocenters. The molecule has 1 aromatic carbocycles. The van der Waals surface area contributed by atoms with Gasteiger partial charge < -0.3 is 10.5 Å². The number of ether oxygens (including phenoxy) is 1. The average Bonchev–Trinajstić information content (AvgIpc) is 2.78. The van der Waals surface area contributed by atoms with Crippen molar-refractivity contribution in [3.63, 3.8) is 0 Å². The number of hydrogen-bond donors (Lipinski definition) is 1. The maximum atomic E-state index is 5.66. The Morgan fingerprint density at radius 1 is 1.28 bits per heavy atom. The number of benzene rings is 1.